The molecule has 0 unspecified atom stereocenters. The fourth-order valence-corrected chi connectivity index (χ4v) is 4.21. The summed E-state index contributed by atoms with van der Waals surface area (Å²) in [4.78, 5) is 12.1. The highest BCUT2D eigenvalue weighted by atomic mass is 32.2. The van der Waals surface area contributed by atoms with Crippen LogP contribution < -0.4 is 15.7 Å². The number of halogens is 1. The number of hydrogen-bond donors (Lipinski definition) is 2. The van der Waals surface area contributed by atoms with Gasteiger partial charge in [-0.15, -0.1) is 0 Å². The van der Waals surface area contributed by atoms with Crippen molar-refractivity contribution in [2.45, 2.75) is 11.4 Å². The molecule has 30 heavy (non-hydrogen) atoms. The summed E-state index contributed by atoms with van der Waals surface area (Å²) in [7, 11) is -4.37. The van der Waals surface area contributed by atoms with E-state index in [1.165, 1.54) is 12.1 Å². The van der Waals surface area contributed by atoms with Crippen LogP contribution in [-0.2, 0) is 16.6 Å². The topological polar surface area (TPSA) is 88.4 Å². The molecular weight excluding hydrogens is 407 g/mol. The number of anilines is 2. The second kappa shape index (κ2) is 8.00. The fraction of sp³-hybridized carbons (Fsp3) is 0.0455. The third kappa shape index (κ3) is 3.90. The highest BCUT2D eigenvalue weighted by Gasteiger charge is 2.24. The predicted octanol–water partition coefficient (Wildman–Crippen LogP) is 4.35. The Bertz CT molecular complexity index is 1370. The lowest BCUT2D eigenvalue weighted by molar-refractivity contribution is 0.560. The van der Waals surface area contributed by atoms with Gasteiger partial charge in [0.15, 0.2) is 5.69 Å². The van der Waals surface area contributed by atoms with Crippen molar-refractivity contribution in [1.29, 1.82) is 0 Å². The van der Waals surface area contributed by atoms with Gasteiger partial charge in [0.1, 0.15) is 16.3 Å². The molecule has 8 heteroatoms. The largest absolute Gasteiger partial charge is 0.421 e. The molecule has 0 fully saturated rings. The second-order valence-electron chi connectivity index (χ2n) is 6.51. The van der Waals surface area contributed by atoms with E-state index in [9.17, 15) is 17.6 Å². The average Bonchev–Trinajstić information content (AvgIpc) is 2.74. The van der Waals surface area contributed by atoms with Crippen molar-refractivity contribution >= 4 is 32.4 Å². The molecular formula is C22H17FN2O4S. The smallest absolute Gasteiger partial charge is 0.363 e. The summed E-state index contributed by atoms with van der Waals surface area (Å²) in [5.74, 6) is -0.922. The van der Waals surface area contributed by atoms with Crippen LogP contribution in [0.5, 0.6) is 0 Å². The Balaban J connectivity index is 1.81. The summed E-state index contributed by atoms with van der Waals surface area (Å²) in [6.45, 7) is 0.336. The van der Waals surface area contributed by atoms with Gasteiger partial charge in [0, 0.05) is 11.9 Å². The molecule has 0 bridgehead atoms. The number of rotatable bonds is 6. The lowest BCUT2D eigenvalue weighted by Gasteiger charge is -2.15. The van der Waals surface area contributed by atoms with Gasteiger partial charge in [0.05, 0.1) is 5.69 Å². The van der Waals surface area contributed by atoms with Gasteiger partial charge in [-0.25, -0.2) is 17.6 Å². The van der Waals surface area contributed by atoms with Crippen molar-refractivity contribution in [3.8, 4) is 0 Å². The maximum Gasteiger partial charge on any atom is 0.363 e. The zero-order valence-corrected chi connectivity index (χ0v) is 16.4. The molecule has 0 aliphatic heterocycles. The van der Waals surface area contributed by atoms with Crippen molar-refractivity contribution in [1.82, 2.24) is 0 Å². The average molecular weight is 424 g/mol. The molecule has 2 N–H and O–H groups in total. The van der Waals surface area contributed by atoms with Crippen LogP contribution in [-0.4, -0.2) is 8.42 Å². The molecule has 6 nitrogen and oxygen atoms in total. The van der Waals surface area contributed by atoms with E-state index in [1.54, 1.807) is 24.3 Å². The molecule has 0 saturated heterocycles. The number of para-hydroxylation sites is 1. The Kier molecular flexibility index (Phi) is 5.24. The molecule has 0 radical (unpaired) electrons. The molecule has 0 aliphatic rings. The van der Waals surface area contributed by atoms with Crippen LogP contribution in [0.25, 0.3) is 11.0 Å². The minimum atomic E-state index is -4.37. The summed E-state index contributed by atoms with van der Waals surface area (Å²) in [5.41, 5.74) is 0.285. The first kappa shape index (κ1) is 19.7. The number of benzene rings is 3. The molecule has 1 aromatic heterocycles. The van der Waals surface area contributed by atoms with Crippen LogP contribution in [0.15, 0.2) is 93.0 Å². The van der Waals surface area contributed by atoms with E-state index in [0.29, 0.717) is 17.5 Å². The summed E-state index contributed by atoms with van der Waals surface area (Å²) < 4.78 is 47.1. The van der Waals surface area contributed by atoms with Crippen molar-refractivity contribution in [2.24, 2.45) is 0 Å². The van der Waals surface area contributed by atoms with E-state index in [4.69, 9.17) is 4.42 Å². The van der Waals surface area contributed by atoms with E-state index in [-0.39, 0.29) is 11.4 Å². The predicted molar refractivity (Wildman–Crippen MR) is 113 cm³/mol. The molecule has 4 rings (SSSR count). The Morgan fingerprint density at radius 3 is 2.27 bits per heavy atom. The highest BCUT2D eigenvalue weighted by molar-refractivity contribution is 7.92. The van der Waals surface area contributed by atoms with Gasteiger partial charge < -0.3 is 9.73 Å². The number of hydrogen-bond acceptors (Lipinski definition) is 5. The molecule has 0 spiro atoms. The fourth-order valence-electron chi connectivity index (χ4n) is 3.06. The number of sulfonamides is 1. The van der Waals surface area contributed by atoms with Gasteiger partial charge in [0.2, 0.25) is 0 Å². The summed E-state index contributed by atoms with van der Waals surface area (Å²) in [6.07, 6.45) is 0. The third-order valence-corrected chi connectivity index (χ3v) is 5.87. The van der Waals surface area contributed by atoms with Crippen LogP contribution in [0.2, 0.25) is 0 Å². The van der Waals surface area contributed by atoms with Gasteiger partial charge in [-0.05, 0) is 29.8 Å². The lowest BCUT2D eigenvalue weighted by Crippen LogP contribution is -2.21. The van der Waals surface area contributed by atoms with Gasteiger partial charge in [-0.2, -0.15) is 0 Å². The quantitative estimate of drug-likeness (QED) is 0.450. The number of nitrogens with one attached hydrogen (secondary N) is 2. The van der Waals surface area contributed by atoms with Crippen LogP contribution in [0, 0.1) is 5.82 Å². The van der Waals surface area contributed by atoms with E-state index < -0.39 is 26.4 Å². The molecule has 0 atom stereocenters. The Hall–Kier alpha value is -3.65. The van der Waals surface area contributed by atoms with Gasteiger partial charge >= 0.3 is 5.63 Å². The minimum absolute atomic E-state index is 0.255. The maximum absolute atomic E-state index is 14.1. The first-order chi connectivity index (χ1) is 14.5. The van der Waals surface area contributed by atoms with Crippen LogP contribution in [0.1, 0.15) is 5.56 Å². The van der Waals surface area contributed by atoms with Gasteiger partial charge in [-0.1, -0.05) is 54.6 Å². The summed E-state index contributed by atoms with van der Waals surface area (Å²) >= 11 is 0. The molecule has 1 heterocycles. The second-order valence-corrected chi connectivity index (χ2v) is 8.16. The van der Waals surface area contributed by atoms with Crippen molar-refractivity contribution in [3.63, 3.8) is 0 Å². The Morgan fingerprint density at radius 1 is 0.833 bits per heavy atom. The number of fused-ring (bicyclic) bond motifs is 1. The standard InChI is InChI=1S/C22H17FN2O4S/c23-17-11-5-7-13-19(17)30(27,28)25-21-20(24-14-15-8-2-1-3-9-15)16-10-4-6-12-18(16)29-22(21)26/h1-13,24-25H,14H2. The Morgan fingerprint density at radius 2 is 1.50 bits per heavy atom. The van der Waals surface area contributed by atoms with Crippen LogP contribution in [0.4, 0.5) is 15.8 Å². The zero-order chi connectivity index (χ0) is 21.1. The van der Waals surface area contributed by atoms with Crippen LogP contribution in [0.3, 0.4) is 0 Å². The van der Waals surface area contributed by atoms with E-state index in [0.717, 1.165) is 17.7 Å². The highest BCUT2D eigenvalue weighted by Crippen LogP contribution is 2.31. The van der Waals surface area contributed by atoms with Crippen molar-refractivity contribution in [3.05, 3.63) is 101 Å². The lowest BCUT2D eigenvalue weighted by atomic mass is 10.1. The third-order valence-electron chi connectivity index (χ3n) is 4.49. The Labute approximate surface area is 172 Å². The molecule has 0 aliphatic carbocycles. The van der Waals surface area contributed by atoms with E-state index in [1.807, 2.05) is 30.3 Å². The van der Waals surface area contributed by atoms with Crippen molar-refractivity contribution in [2.75, 3.05) is 10.0 Å². The summed E-state index contributed by atoms with van der Waals surface area (Å²) in [5, 5.41) is 3.63. The maximum atomic E-state index is 14.1. The SMILES string of the molecule is O=c1oc2ccccc2c(NCc2ccccc2)c1NS(=O)(=O)c1ccccc1F. The molecule has 4 aromatic rings. The molecule has 0 amide bonds. The molecule has 3 aromatic carbocycles. The molecule has 0 saturated carbocycles. The molecule has 152 valence electrons. The van der Waals surface area contributed by atoms with E-state index >= 15 is 0 Å². The zero-order valence-electron chi connectivity index (χ0n) is 15.6. The summed E-state index contributed by atoms with van der Waals surface area (Å²) in [6, 6.07) is 21.1. The van der Waals surface area contributed by atoms with Crippen molar-refractivity contribution < 1.29 is 17.2 Å². The van der Waals surface area contributed by atoms with Gasteiger partial charge in [-0.3, -0.25) is 4.72 Å². The van der Waals surface area contributed by atoms with Crippen LogP contribution >= 0.6 is 0 Å². The monoisotopic (exact) mass is 424 g/mol. The van der Waals surface area contributed by atoms with E-state index in [2.05, 4.69) is 10.0 Å². The first-order valence-corrected chi connectivity index (χ1v) is 10.5. The minimum Gasteiger partial charge on any atom is -0.421 e. The first-order valence-electron chi connectivity index (χ1n) is 9.07. The van der Waals surface area contributed by atoms with Gasteiger partial charge in [0.25, 0.3) is 10.0 Å². The normalized spacial score (nSPS) is 11.4.